The van der Waals surface area contributed by atoms with Crippen molar-refractivity contribution in [2.45, 2.75) is 12.5 Å². The highest BCUT2D eigenvalue weighted by atomic mass is 79.9. The molecule has 0 saturated heterocycles. The fourth-order valence-corrected chi connectivity index (χ4v) is 3.01. The first-order chi connectivity index (χ1) is 9.11. The molecule has 0 bridgehead atoms. The van der Waals surface area contributed by atoms with Crippen LogP contribution in [0.1, 0.15) is 17.2 Å². The van der Waals surface area contributed by atoms with Crippen molar-refractivity contribution in [1.29, 1.82) is 0 Å². The van der Waals surface area contributed by atoms with E-state index in [1.165, 1.54) is 6.07 Å². The predicted octanol–water partition coefficient (Wildman–Crippen LogP) is 4.85. The van der Waals surface area contributed by atoms with Crippen LogP contribution in [-0.2, 0) is 6.42 Å². The molecule has 0 aromatic heterocycles. The van der Waals surface area contributed by atoms with Gasteiger partial charge in [-0.2, -0.15) is 0 Å². The van der Waals surface area contributed by atoms with E-state index in [0.717, 1.165) is 14.5 Å². The van der Waals surface area contributed by atoms with Gasteiger partial charge in [0.15, 0.2) is 0 Å². The minimum atomic E-state index is -0.171. The highest BCUT2D eigenvalue weighted by Crippen LogP contribution is 2.27. The number of benzene rings is 2. The van der Waals surface area contributed by atoms with E-state index in [1.54, 1.807) is 6.07 Å². The van der Waals surface area contributed by atoms with Crippen LogP contribution in [0.4, 0.5) is 4.39 Å². The van der Waals surface area contributed by atoms with Crippen LogP contribution in [0.2, 0.25) is 0 Å². The Kier molecular flexibility index (Phi) is 5.13. The second-order valence-electron chi connectivity index (χ2n) is 4.30. The number of halogens is 3. The molecule has 0 saturated carbocycles. The van der Waals surface area contributed by atoms with Crippen LogP contribution in [-0.4, -0.2) is 7.05 Å². The van der Waals surface area contributed by atoms with Gasteiger partial charge in [-0.3, -0.25) is 0 Å². The van der Waals surface area contributed by atoms with Crippen molar-refractivity contribution in [1.82, 2.24) is 5.32 Å². The molecule has 0 radical (unpaired) electrons. The lowest BCUT2D eigenvalue weighted by Gasteiger charge is -2.18. The highest BCUT2D eigenvalue weighted by Gasteiger charge is 2.15. The third-order valence-corrected chi connectivity index (χ3v) is 4.28. The SMILES string of the molecule is CNC(Cc1cc(Br)ccc1F)c1ccccc1Br. The predicted molar refractivity (Wildman–Crippen MR) is 83.7 cm³/mol. The Morgan fingerprint density at radius 2 is 1.89 bits per heavy atom. The Morgan fingerprint density at radius 1 is 1.16 bits per heavy atom. The Hall–Kier alpha value is -0.710. The maximum atomic E-state index is 13.8. The topological polar surface area (TPSA) is 12.0 Å². The molecule has 1 atom stereocenters. The van der Waals surface area contributed by atoms with E-state index >= 15 is 0 Å². The Balaban J connectivity index is 2.29. The zero-order valence-corrected chi connectivity index (χ0v) is 13.6. The van der Waals surface area contributed by atoms with Crippen LogP contribution in [0.5, 0.6) is 0 Å². The third kappa shape index (κ3) is 3.65. The lowest BCUT2D eigenvalue weighted by Crippen LogP contribution is -2.19. The molecule has 0 aliphatic carbocycles. The maximum Gasteiger partial charge on any atom is 0.126 e. The maximum absolute atomic E-state index is 13.8. The molecule has 19 heavy (non-hydrogen) atoms. The van der Waals surface area contributed by atoms with Gasteiger partial charge in [-0.1, -0.05) is 50.1 Å². The molecular weight excluding hydrogens is 373 g/mol. The molecule has 2 aromatic carbocycles. The van der Waals surface area contributed by atoms with E-state index in [0.29, 0.717) is 12.0 Å². The van der Waals surface area contributed by atoms with Crippen molar-refractivity contribution in [3.8, 4) is 0 Å². The van der Waals surface area contributed by atoms with Crippen LogP contribution in [0.3, 0.4) is 0 Å². The molecule has 1 nitrogen and oxygen atoms in total. The smallest absolute Gasteiger partial charge is 0.126 e. The third-order valence-electron chi connectivity index (χ3n) is 3.06. The summed E-state index contributed by atoms with van der Waals surface area (Å²) in [4.78, 5) is 0. The van der Waals surface area contributed by atoms with E-state index in [9.17, 15) is 4.39 Å². The molecule has 0 amide bonds. The van der Waals surface area contributed by atoms with Gasteiger partial charge in [0.1, 0.15) is 5.82 Å². The summed E-state index contributed by atoms with van der Waals surface area (Å²) >= 11 is 6.92. The Morgan fingerprint density at radius 3 is 2.58 bits per heavy atom. The number of likely N-dealkylation sites (N-methyl/N-ethyl adjacent to an activating group) is 1. The monoisotopic (exact) mass is 385 g/mol. The molecule has 1 unspecified atom stereocenters. The molecule has 2 rings (SSSR count). The number of rotatable bonds is 4. The summed E-state index contributed by atoms with van der Waals surface area (Å²) in [7, 11) is 1.89. The summed E-state index contributed by atoms with van der Waals surface area (Å²) in [6, 6.07) is 13.1. The first-order valence-corrected chi connectivity index (χ1v) is 7.56. The molecule has 2 aromatic rings. The van der Waals surface area contributed by atoms with E-state index in [4.69, 9.17) is 0 Å². The van der Waals surface area contributed by atoms with Crippen molar-refractivity contribution in [2.24, 2.45) is 0 Å². The van der Waals surface area contributed by atoms with Gasteiger partial charge in [0.05, 0.1) is 0 Å². The summed E-state index contributed by atoms with van der Waals surface area (Å²) < 4.78 is 15.7. The number of hydrogen-bond acceptors (Lipinski definition) is 1. The number of nitrogens with one attached hydrogen (secondary N) is 1. The Bertz CT molecular complexity index is 572. The average Bonchev–Trinajstić information content (AvgIpc) is 2.41. The van der Waals surface area contributed by atoms with Crippen molar-refractivity contribution in [2.75, 3.05) is 7.05 Å². The van der Waals surface area contributed by atoms with Crippen LogP contribution in [0.25, 0.3) is 0 Å². The molecule has 100 valence electrons. The first-order valence-electron chi connectivity index (χ1n) is 5.97. The van der Waals surface area contributed by atoms with Crippen LogP contribution in [0.15, 0.2) is 51.4 Å². The van der Waals surface area contributed by atoms with Gasteiger partial charge in [-0.15, -0.1) is 0 Å². The average molecular weight is 387 g/mol. The summed E-state index contributed by atoms with van der Waals surface area (Å²) in [6.07, 6.45) is 0.602. The van der Waals surface area contributed by atoms with E-state index in [1.807, 2.05) is 37.4 Å². The standard InChI is InChI=1S/C15H14Br2FN/c1-19-15(12-4-2-3-5-13(12)17)9-10-8-11(16)6-7-14(10)18/h2-8,15,19H,9H2,1H3. The van der Waals surface area contributed by atoms with E-state index in [-0.39, 0.29) is 11.9 Å². The van der Waals surface area contributed by atoms with Crippen LogP contribution < -0.4 is 5.32 Å². The lowest BCUT2D eigenvalue weighted by atomic mass is 9.99. The molecule has 0 spiro atoms. The minimum Gasteiger partial charge on any atom is -0.313 e. The van der Waals surface area contributed by atoms with Crippen LogP contribution in [0, 0.1) is 5.82 Å². The Labute approximate surface area is 129 Å². The van der Waals surface area contributed by atoms with Gasteiger partial charge in [0.2, 0.25) is 0 Å². The second kappa shape index (κ2) is 6.64. The van der Waals surface area contributed by atoms with Gasteiger partial charge in [-0.25, -0.2) is 4.39 Å². The van der Waals surface area contributed by atoms with Gasteiger partial charge >= 0.3 is 0 Å². The quantitative estimate of drug-likeness (QED) is 0.791. The van der Waals surface area contributed by atoms with Crippen LogP contribution >= 0.6 is 31.9 Å². The van der Waals surface area contributed by atoms with Gasteiger partial charge in [0, 0.05) is 15.0 Å². The summed E-state index contributed by atoms with van der Waals surface area (Å²) in [5, 5.41) is 3.24. The van der Waals surface area contributed by atoms with E-state index in [2.05, 4.69) is 37.2 Å². The second-order valence-corrected chi connectivity index (χ2v) is 6.07. The molecular formula is C15H14Br2FN. The molecule has 4 heteroatoms. The summed E-state index contributed by atoms with van der Waals surface area (Å²) in [5.74, 6) is -0.171. The minimum absolute atomic E-state index is 0.0689. The zero-order chi connectivity index (χ0) is 13.8. The largest absolute Gasteiger partial charge is 0.313 e. The van der Waals surface area contributed by atoms with Gasteiger partial charge in [-0.05, 0) is 48.9 Å². The van der Waals surface area contributed by atoms with Gasteiger partial charge in [0.25, 0.3) is 0 Å². The van der Waals surface area contributed by atoms with Crippen molar-refractivity contribution in [3.05, 3.63) is 68.4 Å². The fourth-order valence-electron chi connectivity index (χ4n) is 2.04. The molecule has 0 heterocycles. The zero-order valence-electron chi connectivity index (χ0n) is 10.5. The highest BCUT2D eigenvalue weighted by molar-refractivity contribution is 9.10. The van der Waals surface area contributed by atoms with Crippen molar-refractivity contribution < 1.29 is 4.39 Å². The number of hydrogen-bond donors (Lipinski definition) is 1. The molecule has 0 aliphatic heterocycles. The van der Waals surface area contributed by atoms with Crippen molar-refractivity contribution >= 4 is 31.9 Å². The molecule has 1 N–H and O–H groups in total. The molecule has 0 fully saturated rings. The molecule has 0 aliphatic rings. The normalized spacial score (nSPS) is 12.4. The summed E-state index contributed by atoms with van der Waals surface area (Å²) in [5.41, 5.74) is 1.83. The lowest BCUT2D eigenvalue weighted by molar-refractivity contribution is 0.553. The van der Waals surface area contributed by atoms with Crippen molar-refractivity contribution in [3.63, 3.8) is 0 Å². The van der Waals surface area contributed by atoms with E-state index < -0.39 is 0 Å². The fraction of sp³-hybridized carbons (Fsp3) is 0.200. The summed E-state index contributed by atoms with van der Waals surface area (Å²) in [6.45, 7) is 0. The first kappa shape index (κ1) is 14.7. The van der Waals surface area contributed by atoms with Gasteiger partial charge < -0.3 is 5.32 Å².